The third kappa shape index (κ3) is 2.43. The Hall–Kier alpha value is -1.98. The Kier molecular flexibility index (Phi) is 3.04. The number of nitrogen functional groups attached to an aromatic ring is 1. The van der Waals surface area contributed by atoms with Crippen LogP contribution in [0.15, 0.2) is 18.2 Å². The van der Waals surface area contributed by atoms with Crippen molar-refractivity contribution in [1.82, 2.24) is 9.78 Å². The number of nitrogens with two attached hydrogens (primary N) is 1. The van der Waals surface area contributed by atoms with Crippen LogP contribution in [-0.4, -0.2) is 9.78 Å². The first-order chi connectivity index (χ1) is 8.70. The highest BCUT2D eigenvalue weighted by atomic mass is 19.2. The van der Waals surface area contributed by atoms with Crippen molar-refractivity contribution in [2.45, 2.75) is 19.5 Å². The molecule has 2 rings (SSSR count). The number of nitrogens with zero attached hydrogens (tertiary/aromatic N) is 2. The van der Waals surface area contributed by atoms with Gasteiger partial charge in [-0.3, -0.25) is 4.68 Å². The highest BCUT2D eigenvalue weighted by Gasteiger charge is 2.24. The maximum Gasteiger partial charge on any atom is 0.168 e. The summed E-state index contributed by atoms with van der Waals surface area (Å²) in [5.41, 5.74) is 3.94. The van der Waals surface area contributed by atoms with Crippen LogP contribution >= 0.6 is 0 Å². The smallest absolute Gasteiger partial charge is 0.168 e. The summed E-state index contributed by atoms with van der Waals surface area (Å²) in [4.78, 5) is 0. The predicted octanol–water partition coefficient (Wildman–Crippen LogP) is 3.15. The molecule has 1 heterocycles. The minimum absolute atomic E-state index is 0.0469. The van der Waals surface area contributed by atoms with E-state index in [1.54, 1.807) is 7.05 Å². The van der Waals surface area contributed by atoms with E-state index in [9.17, 15) is 13.2 Å². The molecule has 0 aliphatic heterocycles. The van der Waals surface area contributed by atoms with E-state index in [0.29, 0.717) is 5.82 Å². The van der Waals surface area contributed by atoms with Gasteiger partial charge in [-0.25, -0.2) is 13.2 Å². The average molecular weight is 269 g/mol. The van der Waals surface area contributed by atoms with Gasteiger partial charge in [0.05, 0.1) is 5.69 Å². The number of hydrogen-bond donors (Lipinski definition) is 1. The number of aromatic nitrogens is 2. The lowest BCUT2D eigenvalue weighted by Gasteiger charge is -2.16. The molecule has 0 aliphatic rings. The quantitative estimate of drug-likeness (QED) is 0.910. The lowest BCUT2D eigenvalue weighted by Crippen LogP contribution is -2.10. The number of rotatable bonds is 2. The number of benzene rings is 1. The van der Waals surface area contributed by atoms with Crippen molar-refractivity contribution in [3.05, 3.63) is 35.4 Å². The molecule has 0 amide bonds. The van der Waals surface area contributed by atoms with Crippen molar-refractivity contribution in [3.63, 3.8) is 0 Å². The van der Waals surface area contributed by atoms with E-state index in [0.717, 1.165) is 6.07 Å². The van der Waals surface area contributed by atoms with E-state index >= 15 is 0 Å². The second kappa shape index (κ2) is 4.29. The summed E-state index contributed by atoms with van der Waals surface area (Å²) in [6.07, 6.45) is 0. The van der Waals surface area contributed by atoms with Crippen molar-refractivity contribution in [2.24, 2.45) is 7.05 Å². The number of halogens is 3. The zero-order valence-electron chi connectivity index (χ0n) is 10.8. The topological polar surface area (TPSA) is 43.8 Å². The fraction of sp³-hybridized carbons (Fsp3) is 0.308. The molecule has 0 unspecified atom stereocenters. The molecule has 0 aliphatic carbocycles. The molecule has 19 heavy (non-hydrogen) atoms. The van der Waals surface area contributed by atoms with Gasteiger partial charge in [0.2, 0.25) is 0 Å². The zero-order chi connectivity index (χ0) is 14.4. The second-order valence-corrected chi connectivity index (χ2v) is 4.87. The van der Waals surface area contributed by atoms with Crippen molar-refractivity contribution < 1.29 is 13.2 Å². The molecule has 102 valence electrons. The van der Waals surface area contributed by atoms with Crippen LogP contribution in [0.25, 0.3) is 11.3 Å². The Morgan fingerprint density at radius 3 is 2.32 bits per heavy atom. The minimum atomic E-state index is -1.77. The highest BCUT2D eigenvalue weighted by Crippen LogP contribution is 2.32. The third-order valence-electron chi connectivity index (χ3n) is 2.91. The van der Waals surface area contributed by atoms with Gasteiger partial charge in [-0.1, -0.05) is 0 Å². The lowest BCUT2D eigenvalue weighted by molar-refractivity contribution is 0.220. The predicted molar refractivity (Wildman–Crippen MR) is 67.1 cm³/mol. The maximum atomic E-state index is 13.9. The number of hydrogen-bond acceptors (Lipinski definition) is 2. The minimum Gasteiger partial charge on any atom is -0.384 e. The second-order valence-electron chi connectivity index (χ2n) is 4.87. The van der Waals surface area contributed by atoms with Crippen molar-refractivity contribution >= 4 is 5.82 Å². The van der Waals surface area contributed by atoms with E-state index in [2.05, 4.69) is 5.10 Å². The fourth-order valence-electron chi connectivity index (χ4n) is 1.73. The highest BCUT2D eigenvalue weighted by molar-refractivity contribution is 5.64. The van der Waals surface area contributed by atoms with Gasteiger partial charge in [-0.15, -0.1) is 0 Å². The fourth-order valence-corrected chi connectivity index (χ4v) is 1.73. The van der Waals surface area contributed by atoms with Crippen LogP contribution in [0.4, 0.5) is 19.0 Å². The van der Waals surface area contributed by atoms with Crippen LogP contribution in [0.2, 0.25) is 0 Å². The molecule has 0 fully saturated rings. The monoisotopic (exact) mass is 269 g/mol. The molecule has 1 aromatic carbocycles. The first-order valence-corrected chi connectivity index (χ1v) is 5.68. The van der Waals surface area contributed by atoms with Gasteiger partial charge in [-0.2, -0.15) is 5.10 Å². The normalized spacial score (nSPS) is 11.9. The first-order valence-electron chi connectivity index (χ1n) is 5.68. The molecule has 0 saturated carbocycles. The molecule has 1 aromatic heterocycles. The number of aryl methyl sites for hydroxylation is 1. The van der Waals surface area contributed by atoms with E-state index in [4.69, 9.17) is 5.73 Å². The Labute approximate surface area is 108 Å². The largest absolute Gasteiger partial charge is 0.384 e. The van der Waals surface area contributed by atoms with E-state index in [-0.39, 0.29) is 16.8 Å². The Morgan fingerprint density at radius 2 is 1.84 bits per heavy atom. The summed E-state index contributed by atoms with van der Waals surface area (Å²) in [6, 6.07) is 3.51. The van der Waals surface area contributed by atoms with Gasteiger partial charge in [-0.05, 0) is 31.5 Å². The molecular weight excluding hydrogens is 255 g/mol. The van der Waals surface area contributed by atoms with Gasteiger partial charge < -0.3 is 5.73 Å². The van der Waals surface area contributed by atoms with Crippen LogP contribution in [0, 0.1) is 11.6 Å². The van der Waals surface area contributed by atoms with Crippen molar-refractivity contribution in [1.29, 1.82) is 0 Å². The summed E-state index contributed by atoms with van der Waals surface area (Å²) >= 11 is 0. The Morgan fingerprint density at radius 1 is 1.21 bits per heavy atom. The lowest BCUT2D eigenvalue weighted by atomic mass is 9.96. The standard InChI is InChI=1S/C13H14F3N3/c1-13(2,16)7-4-8(12(15)9(14)5-7)10-6-11(17)19(3)18-10/h4-6H,17H2,1-3H3. The molecular formula is C13H14F3N3. The summed E-state index contributed by atoms with van der Waals surface area (Å²) in [7, 11) is 1.58. The Balaban J connectivity index is 2.65. The van der Waals surface area contributed by atoms with Gasteiger partial charge in [0.25, 0.3) is 0 Å². The first kappa shape index (κ1) is 13.5. The summed E-state index contributed by atoms with van der Waals surface area (Å²) in [6.45, 7) is 2.55. The van der Waals surface area contributed by atoms with Crippen LogP contribution < -0.4 is 5.73 Å². The average Bonchev–Trinajstić information content (AvgIpc) is 2.61. The van der Waals surface area contributed by atoms with E-state index in [1.807, 2.05) is 0 Å². The van der Waals surface area contributed by atoms with Crippen molar-refractivity contribution in [3.8, 4) is 11.3 Å². The summed E-state index contributed by atoms with van der Waals surface area (Å²) in [5, 5.41) is 3.97. The molecule has 0 spiro atoms. The molecule has 0 radical (unpaired) electrons. The molecule has 6 heteroatoms. The van der Waals surface area contributed by atoms with Gasteiger partial charge in [0.1, 0.15) is 11.5 Å². The van der Waals surface area contributed by atoms with Crippen LogP contribution in [0.5, 0.6) is 0 Å². The van der Waals surface area contributed by atoms with Crippen LogP contribution in [-0.2, 0) is 12.7 Å². The van der Waals surface area contributed by atoms with Crippen molar-refractivity contribution in [2.75, 3.05) is 5.73 Å². The molecule has 2 N–H and O–H groups in total. The van der Waals surface area contributed by atoms with Gasteiger partial charge in [0, 0.05) is 18.7 Å². The zero-order valence-corrected chi connectivity index (χ0v) is 10.8. The summed E-state index contributed by atoms with van der Waals surface area (Å²) in [5.74, 6) is -1.87. The molecule has 0 bridgehead atoms. The van der Waals surface area contributed by atoms with Crippen LogP contribution in [0.1, 0.15) is 19.4 Å². The van der Waals surface area contributed by atoms with Gasteiger partial charge >= 0.3 is 0 Å². The van der Waals surface area contributed by atoms with Crippen LogP contribution in [0.3, 0.4) is 0 Å². The third-order valence-corrected chi connectivity index (χ3v) is 2.91. The molecule has 0 saturated heterocycles. The number of anilines is 1. The molecule has 0 atom stereocenters. The SMILES string of the molecule is Cn1nc(-c2cc(C(C)(C)F)cc(F)c2F)cc1N. The molecule has 3 nitrogen and oxygen atoms in total. The van der Waals surface area contributed by atoms with E-state index < -0.39 is 17.3 Å². The number of alkyl halides is 1. The maximum absolute atomic E-state index is 13.9. The molecule has 2 aromatic rings. The van der Waals surface area contributed by atoms with Gasteiger partial charge in [0.15, 0.2) is 11.6 Å². The summed E-state index contributed by atoms with van der Waals surface area (Å²) < 4.78 is 42.6. The van der Waals surface area contributed by atoms with E-state index in [1.165, 1.54) is 30.7 Å². The Bertz CT molecular complexity index is 607.